The van der Waals surface area contributed by atoms with Gasteiger partial charge in [0.1, 0.15) is 16.4 Å². The molecule has 0 radical (unpaired) electrons. The van der Waals surface area contributed by atoms with Crippen LogP contribution in [0.4, 0.5) is 0 Å². The summed E-state index contributed by atoms with van der Waals surface area (Å²) in [7, 11) is 0. The van der Waals surface area contributed by atoms with Crippen molar-refractivity contribution in [3.05, 3.63) is 68.5 Å². The molecular weight excluding hydrogens is 348 g/mol. The zero-order valence-electron chi connectivity index (χ0n) is 14.3. The minimum atomic E-state index is -0.412. The number of hydrogen-bond acceptors (Lipinski definition) is 5. The molecule has 1 saturated heterocycles. The van der Waals surface area contributed by atoms with E-state index >= 15 is 0 Å². The van der Waals surface area contributed by atoms with Crippen LogP contribution in [0.25, 0.3) is 11.4 Å². The van der Waals surface area contributed by atoms with Crippen LogP contribution in [0.15, 0.2) is 46.8 Å². The lowest BCUT2D eigenvalue weighted by Crippen LogP contribution is -2.34. The first-order valence-corrected chi connectivity index (χ1v) is 9.38. The van der Waals surface area contributed by atoms with E-state index in [1.165, 1.54) is 17.5 Å². The van der Waals surface area contributed by atoms with Crippen molar-refractivity contribution in [2.24, 2.45) is 0 Å². The lowest BCUT2D eigenvalue weighted by molar-refractivity contribution is 0.0733. The molecule has 0 aliphatic carbocycles. The number of H-pyrrole nitrogens is 1. The zero-order chi connectivity index (χ0) is 18.1. The molecule has 2 aromatic heterocycles. The smallest absolute Gasteiger partial charge is 0.264 e. The largest absolute Gasteiger partial charge is 0.329 e. The third kappa shape index (κ3) is 3.06. The van der Waals surface area contributed by atoms with Gasteiger partial charge in [-0.1, -0.05) is 29.8 Å². The Hall–Kier alpha value is -2.80. The number of nitrogens with zero attached hydrogens (tertiary/aromatic N) is 3. The van der Waals surface area contributed by atoms with Crippen LogP contribution in [-0.4, -0.2) is 32.3 Å². The molecule has 3 heterocycles. The van der Waals surface area contributed by atoms with Crippen LogP contribution in [0.2, 0.25) is 0 Å². The average molecular weight is 366 g/mol. The molecule has 4 rings (SSSR count). The van der Waals surface area contributed by atoms with Crippen molar-refractivity contribution in [1.82, 2.24) is 19.9 Å². The summed E-state index contributed by atoms with van der Waals surface area (Å²) in [6.45, 7) is 2.62. The highest BCUT2D eigenvalue weighted by atomic mass is 32.1. The van der Waals surface area contributed by atoms with E-state index in [0.717, 1.165) is 29.0 Å². The van der Waals surface area contributed by atoms with Gasteiger partial charge in [0.05, 0.1) is 6.04 Å². The maximum atomic E-state index is 12.9. The molecule has 1 aliphatic rings. The molecule has 26 heavy (non-hydrogen) atoms. The topological polar surface area (TPSA) is 79.0 Å². The highest BCUT2D eigenvalue weighted by molar-refractivity contribution is 7.09. The Kier molecular flexibility index (Phi) is 4.38. The van der Waals surface area contributed by atoms with Gasteiger partial charge in [-0.05, 0) is 19.8 Å². The van der Waals surface area contributed by atoms with Crippen molar-refractivity contribution < 1.29 is 4.79 Å². The van der Waals surface area contributed by atoms with Gasteiger partial charge in [-0.15, -0.1) is 11.3 Å². The van der Waals surface area contributed by atoms with Crippen molar-refractivity contribution >= 4 is 17.2 Å². The third-order valence-electron chi connectivity index (χ3n) is 4.60. The Morgan fingerprint density at radius 2 is 2.08 bits per heavy atom. The van der Waals surface area contributed by atoms with Gasteiger partial charge in [0.25, 0.3) is 11.5 Å². The fourth-order valence-electron chi connectivity index (χ4n) is 3.23. The Morgan fingerprint density at radius 1 is 1.27 bits per heavy atom. The van der Waals surface area contributed by atoms with Crippen LogP contribution in [0, 0.1) is 6.92 Å². The Balaban J connectivity index is 1.62. The molecular formula is C19H18N4O2S. The van der Waals surface area contributed by atoms with Crippen LogP contribution >= 0.6 is 11.3 Å². The highest BCUT2D eigenvalue weighted by Gasteiger charge is 2.33. The van der Waals surface area contributed by atoms with E-state index in [0.29, 0.717) is 12.4 Å². The minimum Gasteiger partial charge on any atom is -0.329 e. The Bertz CT molecular complexity index is 980. The number of hydrogen-bond donors (Lipinski definition) is 1. The number of aromatic amines is 1. The first kappa shape index (κ1) is 16.7. The van der Waals surface area contributed by atoms with E-state index in [4.69, 9.17) is 0 Å². The van der Waals surface area contributed by atoms with Crippen molar-refractivity contribution in [1.29, 1.82) is 0 Å². The van der Waals surface area contributed by atoms with Crippen LogP contribution in [-0.2, 0) is 0 Å². The predicted octanol–water partition coefficient (Wildman–Crippen LogP) is 3.18. The number of aryl methyl sites for hydroxylation is 1. The lowest BCUT2D eigenvalue weighted by Gasteiger charge is -2.22. The second-order valence-electron chi connectivity index (χ2n) is 6.37. The summed E-state index contributed by atoms with van der Waals surface area (Å²) in [6, 6.07) is 7.65. The van der Waals surface area contributed by atoms with Gasteiger partial charge in [0.15, 0.2) is 0 Å². The Labute approximate surface area is 154 Å². The van der Waals surface area contributed by atoms with Crippen LogP contribution in [0.1, 0.15) is 39.8 Å². The lowest BCUT2D eigenvalue weighted by atomic mass is 10.1. The molecule has 1 aliphatic heterocycles. The molecule has 0 spiro atoms. The number of benzene rings is 1. The number of thiazole rings is 1. The summed E-state index contributed by atoms with van der Waals surface area (Å²) in [5, 5.41) is 2.82. The third-order valence-corrected chi connectivity index (χ3v) is 5.48. The highest BCUT2D eigenvalue weighted by Crippen LogP contribution is 2.33. The normalized spacial score (nSPS) is 16.8. The zero-order valence-corrected chi connectivity index (χ0v) is 15.1. The van der Waals surface area contributed by atoms with Gasteiger partial charge in [0.2, 0.25) is 0 Å². The van der Waals surface area contributed by atoms with Gasteiger partial charge in [0, 0.05) is 29.9 Å². The molecule has 0 saturated carbocycles. The van der Waals surface area contributed by atoms with Gasteiger partial charge >= 0.3 is 0 Å². The monoisotopic (exact) mass is 366 g/mol. The standard InChI is InChI=1S/C19H18N4O2S/c1-12-4-6-13(7-5-12)16-21-11-14(17(24)22-16)19(25)23-9-2-3-15(23)18-20-8-10-26-18/h4-8,10-11,15H,2-3,9H2,1H3,(H,21,22,24)/t15-/m1/s1. The molecule has 1 atom stereocenters. The van der Waals surface area contributed by atoms with E-state index in [2.05, 4.69) is 15.0 Å². The molecule has 0 unspecified atom stereocenters. The summed E-state index contributed by atoms with van der Waals surface area (Å²) < 4.78 is 0. The Morgan fingerprint density at radius 3 is 2.77 bits per heavy atom. The predicted molar refractivity (Wildman–Crippen MR) is 100 cm³/mol. The maximum absolute atomic E-state index is 12.9. The van der Waals surface area contributed by atoms with E-state index in [9.17, 15) is 9.59 Å². The van der Waals surface area contributed by atoms with E-state index in [1.807, 2.05) is 36.6 Å². The molecule has 7 heteroatoms. The van der Waals surface area contributed by atoms with Crippen LogP contribution < -0.4 is 5.56 Å². The summed E-state index contributed by atoms with van der Waals surface area (Å²) in [4.78, 5) is 38.5. The molecule has 132 valence electrons. The second kappa shape index (κ2) is 6.84. The van der Waals surface area contributed by atoms with E-state index < -0.39 is 5.56 Å². The fourth-order valence-corrected chi connectivity index (χ4v) is 4.01. The number of carbonyl (C=O) groups is 1. The number of amides is 1. The van der Waals surface area contributed by atoms with Crippen molar-refractivity contribution in [2.75, 3.05) is 6.54 Å². The summed E-state index contributed by atoms with van der Waals surface area (Å²) in [5.41, 5.74) is 1.60. The van der Waals surface area contributed by atoms with E-state index in [1.54, 1.807) is 11.1 Å². The van der Waals surface area contributed by atoms with Gasteiger partial charge in [-0.3, -0.25) is 9.59 Å². The SMILES string of the molecule is Cc1ccc(-c2ncc(C(=O)N3CCC[C@@H]3c3nccs3)c(=O)[nH]2)cc1. The van der Waals surface area contributed by atoms with E-state index in [-0.39, 0.29) is 17.5 Å². The van der Waals surface area contributed by atoms with Gasteiger partial charge in [-0.2, -0.15) is 0 Å². The molecule has 0 bridgehead atoms. The van der Waals surface area contributed by atoms with Gasteiger partial charge < -0.3 is 9.88 Å². The number of rotatable bonds is 3. The maximum Gasteiger partial charge on any atom is 0.264 e. The molecule has 1 N–H and O–H groups in total. The van der Waals surface area contributed by atoms with Crippen LogP contribution in [0.5, 0.6) is 0 Å². The summed E-state index contributed by atoms with van der Waals surface area (Å²) >= 11 is 1.54. The number of likely N-dealkylation sites (tertiary alicyclic amines) is 1. The first-order valence-electron chi connectivity index (χ1n) is 8.50. The molecule has 1 fully saturated rings. The minimum absolute atomic E-state index is 0.0568. The number of carbonyl (C=O) groups excluding carboxylic acids is 1. The van der Waals surface area contributed by atoms with Crippen molar-refractivity contribution in [2.45, 2.75) is 25.8 Å². The summed E-state index contributed by atoms with van der Waals surface area (Å²) in [6.07, 6.45) is 4.90. The first-order chi connectivity index (χ1) is 12.6. The molecule has 1 aromatic carbocycles. The second-order valence-corrected chi connectivity index (χ2v) is 7.29. The molecule has 1 amide bonds. The molecule has 6 nitrogen and oxygen atoms in total. The quantitative estimate of drug-likeness (QED) is 0.772. The van der Waals surface area contributed by atoms with Crippen molar-refractivity contribution in [3.8, 4) is 11.4 Å². The summed E-state index contributed by atoms with van der Waals surface area (Å²) in [5.74, 6) is 0.177. The van der Waals surface area contributed by atoms with Crippen molar-refractivity contribution in [3.63, 3.8) is 0 Å². The van der Waals surface area contributed by atoms with Crippen LogP contribution in [0.3, 0.4) is 0 Å². The molecule has 3 aromatic rings. The fraction of sp³-hybridized carbons (Fsp3) is 0.263. The number of aromatic nitrogens is 3. The van der Waals surface area contributed by atoms with Gasteiger partial charge in [-0.25, -0.2) is 9.97 Å². The number of nitrogens with one attached hydrogen (secondary N) is 1. The average Bonchev–Trinajstić information content (AvgIpc) is 3.33.